The molecule has 0 saturated heterocycles. The van der Waals surface area contributed by atoms with Crippen LogP contribution in [0, 0.1) is 27.6 Å². The van der Waals surface area contributed by atoms with Crippen LogP contribution in [0.3, 0.4) is 0 Å². The lowest BCUT2D eigenvalue weighted by atomic mass is 10.2. The minimum Gasteiger partial charge on any atom is -0.258 e. The zero-order valence-electron chi connectivity index (χ0n) is 9.00. The first-order chi connectivity index (χ1) is 6.88. The summed E-state index contributed by atoms with van der Waals surface area (Å²) in [5, 5.41) is 10.5. The van der Waals surface area contributed by atoms with Crippen LogP contribution in [0.15, 0.2) is 18.2 Å². The maximum absolute atomic E-state index is 10.5. The minimum atomic E-state index is -1.43. The molecule has 0 amide bonds. The van der Waals surface area contributed by atoms with E-state index in [1.165, 1.54) is 12.1 Å². The van der Waals surface area contributed by atoms with E-state index in [1.54, 1.807) is 6.07 Å². The lowest BCUT2D eigenvalue weighted by Crippen LogP contribution is -2.16. The predicted molar refractivity (Wildman–Crippen MR) is 62.2 cm³/mol. The first-order valence-corrected chi connectivity index (χ1v) is 8.07. The van der Waals surface area contributed by atoms with E-state index < -0.39 is 13.0 Å². The molecule has 15 heavy (non-hydrogen) atoms. The van der Waals surface area contributed by atoms with Gasteiger partial charge in [-0.25, -0.2) is 0 Å². The van der Waals surface area contributed by atoms with Crippen LogP contribution < -0.4 is 0 Å². The van der Waals surface area contributed by atoms with Gasteiger partial charge in [0.1, 0.15) is 8.07 Å². The summed E-state index contributed by atoms with van der Waals surface area (Å²) in [6, 6.07) is 7.21. The second-order valence-corrected chi connectivity index (χ2v) is 8.99. The van der Waals surface area contributed by atoms with Gasteiger partial charge in [-0.2, -0.15) is 0 Å². The Bertz CT molecular complexity index is 438. The molecular formula is C11H12NO2Si. The van der Waals surface area contributed by atoms with Crippen molar-refractivity contribution in [1.82, 2.24) is 0 Å². The number of hydrogen-bond acceptors (Lipinski definition) is 2. The van der Waals surface area contributed by atoms with Gasteiger partial charge in [0, 0.05) is 17.7 Å². The molecule has 0 N–H and O–H groups in total. The van der Waals surface area contributed by atoms with Crippen molar-refractivity contribution >= 4 is 13.8 Å². The van der Waals surface area contributed by atoms with Gasteiger partial charge in [0.2, 0.25) is 0 Å². The topological polar surface area (TPSA) is 43.1 Å². The van der Waals surface area contributed by atoms with E-state index in [9.17, 15) is 10.1 Å². The van der Waals surface area contributed by atoms with Crippen molar-refractivity contribution in [2.75, 3.05) is 0 Å². The van der Waals surface area contributed by atoms with Crippen LogP contribution in [-0.2, 0) is 0 Å². The van der Waals surface area contributed by atoms with Crippen molar-refractivity contribution in [1.29, 1.82) is 0 Å². The Balaban J connectivity index is 3.00. The number of nitro benzene ring substituents is 1. The molecule has 1 radical (unpaired) electrons. The van der Waals surface area contributed by atoms with Gasteiger partial charge in [-0.3, -0.25) is 10.1 Å². The van der Waals surface area contributed by atoms with Gasteiger partial charge in [-0.15, -0.1) is 5.54 Å². The summed E-state index contributed by atoms with van der Waals surface area (Å²) in [5.41, 5.74) is 3.85. The normalized spacial score (nSPS) is 10.3. The van der Waals surface area contributed by atoms with Gasteiger partial charge in [0.05, 0.1) is 4.92 Å². The highest BCUT2D eigenvalue weighted by atomic mass is 28.3. The number of nitrogens with zero attached hydrogens (tertiary/aromatic N) is 1. The van der Waals surface area contributed by atoms with Crippen LogP contribution in [0.4, 0.5) is 5.69 Å². The maximum Gasteiger partial charge on any atom is 0.271 e. The molecule has 0 atom stereocenters. The number of rotatable bonds is 1. The van der Waals surface area contributed by atoms with Crippen LogP contribution in [0.25, 0.3) is 0 Å². The standard InChI is InChI=1S/C11H12NO2Si/c1-15(2,3)8-7-10-5-4-6-11(9-10)12(13)14/h5-6,9H,1-3H3. The molecule has 0 spiro atoms. The monoisotopic (exact) mass is 218 g/mol. The molecule has 0 unspecified atom stereocenters. The van der Waals surface area contributed by atoms with Gasteiger partial charge in [-0.05, 0) is 12.1 Å². The maximum atomic E-state index is 10.5. The van der Waals surface area contributed by atoms with Gasteiger partial charge in [0.25, 0.3) is 5.69 Å². The predicted octanol–water partition coefficient (Wildman–Crippen LogP) is 2.62. The Morgan fingerprint density at radius 2 is 2.07 bits per heavy atom. The lowest BCUT2D eigenvalue weighted by Gasteiger charge is -2.03. The molecule has 0 saturated carbocycles. The van der Waals surface area contributed by atoms with Crippen LogP contribution in [0.2, 0.25) is 19.6 Å². The first kappa shape index (κ1) is 11.5. The lowest BCUT2D eigenvalue weighted by molar-refractivity contribution is -0.384. The van der Waals surface area contributed by atoms with E-state index in [0.29, 0.717) is 5.56 Å². The van der Waals surface area contributed by atoms with Gasteiger partial charge in [0.15, 0.2) is 0 Å². The van der Waals surface area contributed by atoms with Crippen molar-refractivity contribution in [3.63, 3.8) is 0 Å². The van der Waals surface area contributed by atoms with Crippen molar-refractivity contribution in [3.05, 3.63) is 39.9 Å². The molecule has 0 heterocycles. The molecular weight excluding hydrogens is 206 g/mol. The fourth-order valence-electron chi connectivity index (χ4n) is 0.897. The Kier molecular flexibility index (Phi) is 3.27. The Labute approximate surface area is 90.3 Å². The minimum absolute atomic E-state index is 0.0392. The molecule has 1 aromatic carbocycles. The summed E-state index contributed by atoms with van der Waals surface area (Å²) in [4.78, 5) is 10.1. The summed E-state index contributed by atoms with van der Waals surface area (Å²) < 4.78 is 0. The summed E-state index contributed by atoms with van der Waals surface area (Å²) >= 11 is 0. The van der Waals surface area contributed by atoms with Crippen molar-refractivity contribution in [2.45, 2.75) is 19.6 Å². The van der Waals surface area contributed by atoms with E-state index in [1.807, 2.05) is 0 Å². The number of benzene rings is 1. The van der Waals surface area contributed by atoms with Crippen LogP contribution in [-0.4, -0.2) is 13.0 Å². The SMILES string of the molecule is C[Si](C)(C)C#Cc1c[c]cc([N+](=O)[O-])c1. The molecule has 0 aliphatic rings. The highest BCUT2D eigenvalue weighted by molar-refractivity contribution is 6.83. The van der Waals surface area contributed by atoms with Gasteiger partial charge >= 0.3 is 0 Å². The molecule has 77 valence electrons. The highest BCUT2D eigenvalue weighted by Crippen LogP contribution is 2.11. The zero-order chi connectivity index (χ0) is 11.5. The van der Waals surface area contributed by atoms with Crippen LogP contribution >= 0.6 is 0 Å². The number of hydrogen-bond donors (Lipinski definition) is 0. The van der Waals surface area contributed by atoms with E-state index in [4.69, 9.17) is 0 Å². The second kappa shape index (κ2) is 4.28. The molecule has 0 fully saturated rings. The van der Waals surface area contributed by atoms with E-state index in [0.717, 1.165) is 0 Å². The van der Waals surface area contributed by atoms with E-state index >= 15 is 0 Å². The molecule has 0 aliphatic carbocycles. The Hall–Kier alpha value is -1.60. The number of non-ortho nitro benzene ring substituents is 1. The van der Waals surface area contributed by atoms with Crippen LogP contribution in [0.1, 0.15) is 5.56 Å². The van der Waals surface area contributed by atoms with Crippen molar-refractivity contribution in [3.8, 4) is 11.5 Å². The van der Waals surface area contributed by atoms with E-state index in [-0.39, 0.29) is 5.69 Å². The molecule has 0 bridgehead atoms. The highest BCUT2D eigenvalue weighted by Gasteiger charge is 2.08. The van der Waals surface area contributed by atoms with Crippen molar-refractivity contribution in [2.24, 2.45) is 0 Å². The van der Waals surface area contributed by atoms with Crippen molar-refractivity contribution < 1.29 is 4.92 Å². The fraction of sp³-hybridized carbons (Fsp3) is 0.273. The Morgan fingerprint density at radius 1 is 1.40 bits per heavy atom. The first-order valence-electron chi connectivity index (χ1n) is 4.57. The van der Waals surface area contributed by atoms with E-state index in [2.05, 4.69) is 37.2 Å². The van der Waals surface area contributed by atoms with Gasteiger partial charge in [-0.1, -0.05) is 25.6 Å². The average molecular weight is 218 g/mol. The third-order valence-corrected chi connectivity index (χ3v) is 2.44. The third-order valence-electron chi connectivity index (χ3n) is 1.57. The molecule has 0 aromatic heterocycles. The largest absolute Gasteiger partial charge is 0.271 e. The molecule has 1 aromatic rings. The average Bonchev–Trinajstić information content (AvgIpc) is 2.14. The quantitative estimate of drug-likeness (QED) is 0.315. The summed E-state index contributed by atoms with van der Waals surface area (Å²) in [5.74, 6) is 2.96. The zero-order valence-corrected chi connectivity index (χ0v) is 10.00. The fourth-order valence-corrected chi connectivity index (χ4v) is 1.42. The second-order valence-electron chi connectivity index (χ2n) is 4.24. The number of nitro groups is 1. The summed E-state index contributed by atoms with van der Waals surface area (Å²) in [6.45, 7) is 6.38. The molecule has 0 aliphatic heterocycles. The third kappa shape index (κ3) is 3.96. The molecule has 4 heteroatoms. The molecule has 1 rings (SSSR count). The Morgan fingerprint density at radius 3 is 2.60 bits per heavy atom. The summed E-state index contributed by atoms with van der Waals surface area (Å²) in [7, 11) is -1.43. The summed E-state index contributed by atoms with van der Waals surface area (Å²) in [6.07, 6.45) is 0. The molecule has 3 nitrogen and oxygen atoms in total. The van der Waals surface area contributed by atoms with Crippen LogP contribution in [0.5, 0.6) is 0 Å². The smallest absolute Gasteiger partial charge is 0.258 e. The van der Waals surface area contributed by atoms with Gasteiger partial charge < -0.3 is 0 Å².